The number of hydrogen-bond donors (Lipinski definition) is 0. The van der Waals surface area contributed by atoms with E-state index >= 15 is 0 Å². The molecule has 1 aliphatic heterocycles. The summed E-state index contributed by atoms with van der Waals surface area (Å²) in [5, 5.41) is 0. The van der Waals surface area contributed by atoms with E-state index in [-0.39, 0.29) is 6.04 Å². The molecule has 4 aromatic carbocycles. The number of fused-ring (bicyclic) bond motifs is 2. The van der Waals surface area contributed by atoms with Crippen molar-refractivity contribution in [2.24, 2.45) is 0 Å². The highest BCUT2D eigenvalue weighted by Crippen LogP contribution is 2.51. The molecule has 0 saturated carbocycles. The predicted molar refractivity (Wildman–Crippen MR) is 128 cm³/mol. The van der Waals surface area contributed by atoms with E-state index in [1.807, 2.05) is 11.8 Å². The van der Waals surface area contributed by atoms with Crippen LogP contribution in [0, 0.1) is 0 Å². The van der Waals surface area contributed by atoms with Crippen molar-refractivity contribution < 1.29 is 0 Å². The molecule has 0 amide bonds. The van der Waals surface area contributed by atoms with Gasteiger partial charge in [0.05, 0.1) is 17.4 Å². The second kappa shape index (κ2) is 8.04. The monoisotopic (exact) mass is 407 g/mol. The van der Waals surface area contributed by atoms with Crippen molar-refractivity contribution in [3.8, 4) is 0 Å². The van der Waals surface area contributed by atoms with E-state index in [1.165, 1.54) is 37.9 Å². The maximum absolute atomic E-state index is 2.49. The molecule has 5 rings (SSSR count). The highest BCUT2D eigenvalue weighted by Gasteiger charge is 2.28. The largest absolute Gasteiger partial charge is 0.332 e. The smallest absolute Gasteiger partial charge is 0.0564 e. The Morgan fingerprint density at radius 1 is 0.567 bits per heavy atom. The Hall–Kier alpha value is -2.97. The third-order valence-corrected chi connectivity index (χ3v) is 7.17. The van der Waals surface area contributed by atoms with Gasteiger partial charge in [0.15, 0.2) is 0 Å². The van der Waals surface area contributed by atoms with Gasteiger partial charge in [-0.3, -0.25) is 0 Å². The molecule has 0 fully saturated rings. The minimum Gasteiger partial charge on any atom is -0.332 e. The first-order valence-corrected chi connectivity index (χ1v) is 11.3. The van der Waals surface area contributed by atoms with E-state index in [0.717, 1.165) is 0 Å². The first kappa shape index (κ1) is 19.0. The van der Waals surface area contributed by atoms with Crippen molar-refractivity contribution in [3.63, 3.8) is 0 Å². The van der Waals surface area contributed by atoms with Crippen molar-refractivity contribution in [3.05, 3.63) is 120 Å². The second-order valence-electron chi connectivity index (χ2n) is 7.89. The zero-order valence-corrected chi connectivity index (χ0v) is 18.1. The van der Waals surface area contributed by atoms with E-state index < -0.39 is 0 Å². The van der Waals surface area contributed by atoms with E-state index in [4.69, 9.17) is 0 Å². The number of nitrogens with zero attached hydrogens (tertiary/aromatic N) is 1. The highest BCUT2D eigenvalue weighted by molar-refractivity contribution is 7.99. The molecule has 1 aliphatic rings. The molecule has 30 heavy (non-hydrogen) atoms. The topological polar surface area (TPSA) is 3.24 Å². The van der Waals surface area contributed by atoms with Crippen LogP contribution in [0.15, 0.2) is 113 Å². The van der Waals surface area contributed by atoms with Crippen LogP contribution in [0.4, 0.5) is 11.4 Å². The third-order valence-electron chi connectivity index (χ3n) is 6.06. The summed E-state index contributed by atoms with van der Waals surface area (Å²) in [6.07, 6.45) is 0. The van der Waals surface area contributed by atoms with E-state index in [0.29, 0.717) is 5.92 Å². The van der Waals surface area contributed by atoms with Crippen molar-refractivity contribution in [1.82, 2.24) is 0 Å². The fourth-order valence-electron chi connectivity index (χ4n) is 4.30. The Labute approximate surface area is 183 Å². The van der Waals surface area contributed by atoms with Gasteiger partial charge in [-0.05, 0) is 47.9 Å². The van der Waals surface area contributed by atoms with Crippen molar-refractivity contribution >= 4 is 23.1 Å². The summed E-state index contributed by atoms with van der Waals surface area (Å²) in [5.41, 5.74) is 6.62. The number of rotatable bonds is 4. The van der Waals surface area contributed by atoms with Gasteiger partial charge in [-0.2, -0.15) is 0 Å². The molecular formula is C28H25NS. The van der Waals surface area contributed by atoms with Crippen LogP contribution < -0.4 is 4.90 Å². The molecule has 1 heterocycles. The van der Waals surface area contributed by atoms with Gasteiger partial charge < -0.3 is 4.90 Å². The molecular weight excluding hydrogens is 382 g/mol. The molecule has 0 aliphatic carbocycles. The minimum absolute atomic E-state index is 0.254. The summed E-state index contributed by atoms with van der Waals surface area (Å²) in [6.45, 7) is 4.59. The van der Waals surface area contributed by atoms with Crippen molar-refractivity contribution in [2.75, 3.05) is 4.90 Å². The molecule has 0 radical (unpaired) electrons. The van der Waals surface area contributed by atoms with Gasteiger partial charge in [0.2, 0.25) is 0 Å². The Morgan fingerprint density at radius 2 is 1.17 bits per heavy atom. The maximum Gasteiger partial charge on any atom is 0.0564 e. The zero-order valence-electron chi connectivity index (χ0n) is 17.3. The summed E-state index contributed by atoms with van der Waals surface area (Å²) in [4.78, 5) is 5.14. The predicted octanol–water partition coefficient (Wildman–Crippen LogP) is 8.20. The molecule has 0 spiro atoms. The van der Waals surface area contributed by atoms with Crippen molar-refractivity contribution in [1.29, 1.82) is 0 Å². The molecule has 2 unspecified atom stereocenters. The lowest BCUT2D eigenvalue weighted by atomic mass is 9.93. The Kier molecular flexibility index (Phi) is 5.10. The normalized spacial score (nSPS) is 14.5. The van der Waals surface area contributed by atoms with Gasteiger partial charge in [0.1, 0.15) is 0 Å². The lowest BCUT2D eigenvalue weighted by molar-refractivity contribution is 0.757. The standard InChI is InChI=1S/C28H25NS/c1-20(22-11-5-3-6-12-22)24-17-18-26-28(19-24)30-27-16-10-9-15-25(27)29(26)21(2)23-13-7-4-8-14-23/h3-21H,1-2H3. The number of hydrogen-bond acceptors (Lipinski definition) is 2. The van der Waals surface area contributed by atoms with Gasteiger partial charge in [-0.15, -0.1) is 0 Å². The van der Waals surface area contributed by atoms with Crippen LogP contribution in [0.25, 0.3) is 0 Å². The molecule has 1 nitrogen and oxygen atoms in total. The molecule has 0 N–H and O–H groups in total. The molecule has 0 saturated heterocycles. The maximum atomic E-state index is 2.49. The Balaban J connectivity index is 1.59. The Bertz CT molecular complexity index is 1150. The third kappa shape index (κ3) is 3.42. The molecule has 0 aromatic heterocycles. The summed E-state index contributed by atoms with van der Waals surface area (Å²) >= 11 is 1.88. The van der Waals surface area contributed by atoms with E-state index in [1.54, 1.807) is 0 Å². The highest BCUT2D eigenvalue weighted by atomic mass is 32.2. The molecule has 2 atom stereocenters. The summed E-state index contributed by atoms with van der Waals surface area (Å²) < 4.78 is 0. The lowest BCUT2D eigenvalue weighted by Gasteiger charge is -2.38. The first-order chi connectivity index (χ1) is 14.7. The van der Waals surface area contributed by atoms with Gasteiger partial charge >= 0.3 is 0 Å². The Morgan fingerprint density at radius 3 is 1.90 bits per heavy atom. The van der Waals surface area contributed by atoms with Crippen LogP contribution in [-0.2, 0) is 0 Å². The average molecular weight is 408 g/mol. The molecule has 0 bridgehead atoms. The van der Waals surface area contributed by atoms with E-state index in [9.17, 15) is 0 Å². The quantitative estimate of drug-likeness (QED) is 0.335. The van der Waals surface area contributed by atoms with Crippen molar-refractivity contribution in [2.45, 2.75) is 35.6 Å². The number of anilines is 2. The zero-order chi connectivity index (χ0) is 20.5. The lowest BCUT2D eigenvalue weighted by Crippen LogP contribution is -2.24. The summed E-state index contributed by atoms with van der Waals surface area (Å²) in [7, 11) is 0. The number of benzene rings is 4. The van der Waals surface area contributed by atoms with Gasteiger partial charge in [0.25, 0.3) is 0 Å². The van der Waals surface area contributed by atoms with Gasteiger partial charge in [0, 0.05) is 15.7 Å². The van der Waals surface area contributed by atoms with E-state index in [2.05, 4.69) is 122 Å². The van der Waals surface area contributed by atoms with Gasteiger partial charge in [-0.25, -0.2) is 0 Å². The fourth-order valence-corrected chi connectivity index (χ4v) is 5.42. The van der Waals surface area contributed by atoms with Crippen LogP contribution in [0.2, 0.25) is 0 Å². The fraction of sp³-hybridized carbons (Fsp3) is 0.143. The SMILES string of the molecule is CC(c1ccccc1)c1ccc2c(c1)Sc1ccccc1N2C(C)c1ccccc1. The first-order valence-electron chi connectivity index (χ1n) is 10.5. The van der Waals surface area contributed by atoms with Crippen LogP contribution in [0.3, 0.4) is 0 Å². The van der Waals surface area contributed by atoms with Crippen LogP contribution in [0.1, 0.15) is 42.5 Å². The van der Waals surface area contributed by atoms with Gasteiger partial charge in [-0.1, -0.05) is 97.5 Å². The molecule has 2 heteroatoms. The summed E-state index contributed by atoms with van der Waals surface area (Å²) in [5.74, 6) is 0.370. The number of para-hydroxylation sites is 1. The molecule has 4 aromatic rings. The van der Waals surface area contributed by atoms with Crippen LogP contribution in [0.5, 0.6) is 0 Å². The van der Waals surface area contributed by atoms with Crippen LogP contribution in [-0.4, -0.2) is 0 Å². The summed E-state index contributed by atoms with van der Waals surface area (Å²) in [6, 6.07) is 37.6. The average Bonchev–Trinajstić information content (AvgIpc) is 2.82. The second-order valence-corrected chi connectivity index (χ2v) is 8.97. The molecule has 148 valence electrons. The van der Waals surface area contributed by atoms with Crippen LogP contribution >= 0.6 is 11.8 Å². The minimum atomic E-state index is 0.254.